The number of hydrogen-bond donors (Lipinski definition) is 2. The second kappa shape index (κ2) is 6.63. The smallest absolute Gasteiger partial charge is 0.250 e. The lowest BCUT2D eigenvalue weighted by Gasteiger charge is -2.25. The zero-order valence-corrected chi connectivity index (χ0v) is 10.6. The van der Waals surface area contributed by atoms with Gasteiger partial charge >= 0.3 is 0 Å². The fraction of sp³-hybridized carbons (Fsp3) is 0.500. The molecule has 2 rings (SSSR count). The highest BCUT2D eigenvalue weighted by atomic mass is 19.1. The largest absolute Gasteiger partial charge is 0.393 e. The number of hydrogen-bond acceptors (Lipinski definition) is 3. The van der Waals surface area contributed by atoms with Gasteiger partial charge in [0.1, 0.15) is 12.4 Å². The minimum Gasteiger partial charge on any atom is -0.393 e. The molecule has 0 radical (unpaired) electrons. The van der Waals surface area contributed by atoms with Crippen LogP contribution in [0.2, 0.25) is 0 Å². The van der Waals surface area contributed by atoms with Crippen LogP contribution in [-0.4, -0.2) is 29.8 Å². The molecule has 19 heavy (non-hydrogen) atoms. The summed E-state index contributed by atoms with van der Waals surface area (Å²) in [5.74, 6) is -0.590. The van der Waals surface area contributed by atoms with Gasteiger partial charge in [-0.15, -0.1) is 0 Å². The summed E-state index contributed by atoms with van der Waals surface area (Å²) >= 11 is 0. The number of amides is 1. The van der Waals surface area contributed by atoms with Gasteiger partial charge in [0.2, 0.25) is 5.91 Å². The molecule has 0 heterocycles. The average Bonchev–Trinajstić information content (AvgIpc) is 2.41. The monoisotopic (exact) mass is 267 g/mol. The Kier molecular flexibility index (Phi) is 4.87. The van der Waals surface area contributed by atoms with E-state index in [-0.39, 0.29) is 30.5 Å². The summed E-state index contributed by atoms with van der Waals surface area (Å²) in [6.45, 7) is -0.0157. The maximum Gasteiger partial charge on any atom is 0.250 e. The molecule has 0 aromatic heterocycles. The van der Waals surface area contributed by atoms with Crippen LogP contribution in [0.15, 0.2) is 24.3 Å². The van der Waals surface area contributed by atoms with Crippen molar-refractivity contribution >= 4 is 11.6 Å². The molecule has 0 atom stereocenters. The molecule has 2 N–H and O–H groups in total. The second-order valence-corrected chi connectivity index (χ2v) is 4.80. The molecule has 0 spiro atoms. The van der Waals surface area contributed by atoms with E-state index in [1.807, 2.05) is 0 Å². The summed E-state index contributed by atoms with van der Waals surface area (Å²) < 4.78 is 18.2. The first-order valence-corrected chi connectivity index (χ1v) is 6.48. The third-order valence-electron chi connectivity index (χ3n) is 3.22. The molecule has 0 unspecified atom stereocenters. The zero-order chi connectivity index (χ0) is 13.7. The Morgan fingerprint density at radius 1 is 1.26 bits per heavy atom. The van der Waals surface area contributed by atoms with Crippen LogP contribution in [0.4, 0.5) is 10.1 Å². The lowest BCUT2D eigenvalue weighted by Crippen LogP contribution is -2.28. The van der Waals surface area contributed by atoms with Crippen LogP contribution in [0.5, 0.6) is 0 Å². The van der Waals surface area contributed by atoms with Crippen LogP contribution in [-0.2, 0) is 9.53 Å². The molecule has 1 amide bonds. The Hall–Kier alpha value is -1.46. The first kappa shape index (κ1) is 14.0. The minimum absolute atomic E-state index is 0.0157. The number of carbonyl (C=O) groups excluding carboxylic acids is 1. The molecule has 1 aliphatic carbocycles. The maximum absolute atomic E-state index is 12.7. The number of aliphatic hydroxyl groups excluding tert-OH is 1. The van der Waals surface area contributed by atoms with Gasteiger partial charge in [-0.1, -0.05) is 0 Å². The molecule has 1 aromatic rings. The van der Waals surface area contributed by atoms with Crippen molar-refractivity contribution in [2.45, 2.75) is 37.9 Å². The molecular weight excluding hydrogens is 249 g/mol. The Morgan fingerprint density at radius 3 is 2.53 bits per heavy atom. The number of halogens is 1. The molecule has 1 aliphatic rings. The Balaban J connectivity index is 1.71. The number of anilines is 1. The van der Waals surface area contributed by atoms with Crippen LogP contribution in [0.25, 0.3) is 0 Å². The molecule has 4 nitrogen and oxygen atoms in total. The van der Waals surface area contributed by atoms with E-state index in [2.05, 4.69) is 5.32 Å². The van der Waals surface area contributed by atoms with E-state index in [1.165, 1.54) is 24.3 Å². The van der Waals surface area contributed by atoms with E-state index in [9.17, 15) is 14.3 Å². The topological polar surface area (TPSA) is 58.6 Å². The van der Waals surface area contributed by atoms with E-state index < -0.39 is 0 Å². The van der Waals surface area contributed by atoms with Crippen LogP contribution in [0.3, 0.4) is 0 Å². The Labute approximate surface area is 111 Å². The third kappa shape index (κ3) is 4.61. The van der Waals surface area contributed by atoms with Crippen molar-refractivity contribution in [3.63, 3.8) is 0 Å². The van der Waals surface area contributed by atoms with E-state index >= 15 is 0 Å². The third-order valence-corrected chi connectivity index (χ3v) is 3.22. The second-order valence-electron chi connectivity index (χ2n) is 4.80. The van der Waals surface area contributed by atoms with Gasteiger partial charge in [-0.2, -0.15) is 0 Å². The molecule has 0 aliphatic heterocycles. The number of benzene rings is 1. The summed E-state index contributed by atoms with van der Waals surface area (Å²) in [6.07, 6.45) is 2.83. The van der Waals surface area contributed by atoms with Gasteiger partial charge in [0, 0.05) is 5.69 Å². The fourth-order valence-corrected chi connectivity index (χ4v) is 2.14. The van der Waals surface area contributed by atoms with Gasteiger partial charge in [-0.25, -0.2) is 4.39 Å². The molecule has 1 saturated carbocycles. The Morgan fingerprint density at radius 2 is 1.89 bits per heavy atom. The molecule has 1 fully saturated rings. The van der Waals surface area contributed by atoms with E-state index in [1.54, 1.807) is 0 Å². The molecule has 104 valence electrons. The normalized spacial score (nSPS) is 23.1. The highest BCUT2D eigenvalue weighted by molar-refractivity contribution is 5.91. The van der Waals surface area contributed by atoms with Gasteiger partial charge < -0.3 is 15.2 Å². The molecule has 0 saturated heterocycles. The first-order valence-electron chi connectivity index (χ1n) is 6.48. The first-order chi connectivity index (χ1) is 9.13. The SMILES string of the molecule is O=C(COC1CCC(O)CC1)Nc1ccc(F)cc1. The van der Waals surface area contributed by atoms with E-state index in [0.29, 0.717) is 5.69 Å². The highest BCUT2D eigenvalue weighted by Crippen LogP contribution is 2.20. The van der Waals surface area contributed by atoms with Crippen LogP contribution in [0.1, 0.15) is 25.7 Å². The van der Waals surface area contributed by atoms with Crippen molar-refractivity contribution in [3.8, 4) is 0 Å². The summed E-state index contributed by atoms with van der Waals surface area (Å²) in [5.41, 5.74) is 0.550. The number of ether oxygens (including phenoxy) is 1. The fourth-order valence-electron chi connectivity index (χ4n) is 2.14. The van der Waals surface area contributed by atoms with Crippen LogP contribution < -0.4 is 5.32 Å². The van der Waals surface area contributed by atoms with E-state index in [4.69, 9.17) is 4.74 Å². The molecular formula is C14H18FNO3. The van der Waals surface area contributed by atoms with Crippen molar-refractivity contribution in [1.29, 1.82) is 0 Å². The predicted molar refractivity (Wildman–Crippen MR) is 69.2 cm³/mol. The lowest BCUT2D eigenvalue weighted by molar-refractivity contribution is -0.123. The summed E-state index contributed by atoms with van der Waals surface area (Å²) in [6, 6.07) is 5.59. The van der Waals surface area contributed by atoms with Gasteiger partial charge in [0.05, 0.1) is 12.2 Å². The summed E-state index contributed by atoms with van der Waals surface area (Å²) in [4.78, 5) is 11.6. The standard InChI is InChI=1S/C14H18FNO3/c15-10-1-3-11(4-2-10)16-14(18)9-19-13-7-5-12(17)6-8-13/h1-4,12-13,17H,5-9H2,(H,16,18). The Bertz CT molecular complexity index is 413. The van der Waals surface area contributed by atoms with Crippen LogP contribution >= 0.6 is 0 Å². The lowest BCUT2D eigenvalue weighted by atomic mass is 9.95. The number of carbonyl (C=O) groups is 1. The maximum atomic E-state index is 12.7. The number of rotatable bonds is 4. The van der Waals surface area contributed by atoms with Gasteiger partial charge in [-0.3, -0.25) is 4.79 Å². The molecule has 5 heteroatoms. The van der Waals surface area contributed by atoms with Crippen LogP contribution in [0, 0.1) is 5.82 Å². The zero-order valence-electron chi connectivity index (χ0n) is 10.6. The quantitative estimate of drug-likeness (QED) is 0.878. The minimum atomic E-state index is -0.338. The summed E-state index contributed by atoms with van der Waals surface area (Å²) in [5, 5.41) is 12.0. The number of nitrogens with one attached hydrogen (secondary N) is 1. The number of aliphatic hydroxyl groups is 1. The van der Waals surface area contributed by atoms with Crippen molar-refractivity contribution in [2.75, 3.05) is 11.9 Å². The predicted octanol–water partition coefficient (Wildman–Crippen LogP) is 2.08. The van der Waals surface area contributed by atoms with Crippen molar-refractivity contribution in [3.05, 3.63) is 30.1 Å². The van der Waals surface area contributed by atoms with Crippen molar-refractivity contribution in [2.24, 2.45) is 0 Å². The van der Waals surface area contributed by atoms with Crippen molar-refractivity contribution in [1.82, 2.24) is 0 Å². The molecule has 0 bridgehead atoms. The summed E-state index contributed by atoms with van der Waals surface area (Å²) in [7, 11) is 0. The molecule has 1 aromatic carbocycles. The van der Waals surface area contributed by atoms with Crippen molar-refractivity contribution < 1.29 is 19.0 Å². The highest BCUT2D eigenvalue weighted by Gasteiger charge is 2.20. The average molecular weight is 267 g/mol. The van der Waals surface area contributed by atoms with E-state index in [0.717, 1.165) is 25.7 Å². The van der Waals surface area contributed by atoms with Gasteiger partial charge in [0.25, 0.3) is 0 Å². The van der Waals surface area contributed by atoms with Gasteiger partial charge in [-0.05, 0) is 49.9 Å². The van der Waals surface area contributed by atoms with Gasteiger partial charge in [0.15, 0.2) is 0 Å².